The summed E-state index contributed by atoms with van der Waals surface area (Å²) in [6, 6.07) is 94.8. The van der Waals surface area contributed by atoms with Gasteiger partial charge in [0.2, 0.25) is 27.8 Å². The zero-order valence-corrected chi connectivity index (χ0v) is 68.0. The summed E-state index contributed by atoms with van der Waals surface area (Å²) in [5, 5.41) is 5.97. The number of furan rings is 1. The number of pyridine rings is 5. The van der Waals surface area contributed by atoms with E-state index in [0.29, 0.717) is 6.54 Å². The largest absolute Gasteiger partial charge is 0.419 e. The number of thiophene rings is 1. The van der Waals surface area contributed by atoms with E-state index in [2.05, 4.69) is 318 Å². The van der Waals surface area contributed by atoms with Gasteiger partial charge in [-0.1, -0.05) is 145 Å². The highest BCUT2D eigenvalue weighted by atomic mass is 32.1. The second-order valence-corrected chi connectivity index (χ2v) is 33.0. The molecule has 0 aliphatic carbocycles. The van der Waals surface area contributed by atoms with Gasteiger partial charge in [-0.05, 0) is 140 Å². The number of aromatic nitrogens is 18. The second-order valence-electron chi connectivity index (χ2n) is 32.0. The molecule has 0 N–H and O–H groups in total. The third kappa shape index (κ3) is 10.3. The predicted molar refractivity (Wildman–Crippen MR) is 483 cm³/mol. The molecule has 123 heavy (non-hydrogen) atoms. The van der Waals surface area contributed by atoms with Crippen LogP contribution in [0.2, 0.25) is 0 Å². The maximum Gasteiger partial charge on any atom is 0.340 e. The summed E-state index contributed by atoms with van der Waals surface area (Å²) in [6.45, 7) is 1.91. The minimum Gasteiger partial charge on any atom is -0.419 e. The van der Waals surface area contributed by atoms with Crippen molar-refractivity contribution in [1.29, 1.82) is 0 Å². The second kappa shape index (κ2) is 27.4. The Labute approximate surface area is 712 Å². The highest BCUT2D eigenvalue weighted by Gasteiger charge is 2.43. The molecule has 0 unspecified atom stereocenters. The maximum absolute atomic E-state index is 8.05. The standard InChI is InChI=1S/C27H19N4.C21H14N3O.C21H14N3S.2C17H15N4/c1-3-9-20(10-4-1)30-24-14-8-7-13-22(24)25-27(30)29-18-19-15-16-28-17-23(19)26(29)31(25)21-11-5-2-6-12-21;2*1-2-6-15(7-3-1)24-19-16-8-4-5-9-18(16)25-21(19)23-13-14-10-11-22-12-17(14)20(23)24;2*1-19-14-6-4-3-5-12(14)15-17(19)21-10-11-7-8-18-9-13(11)16(21)20(15)2/h1-17H,18H2;2*1-12H,13H2;2*3-9H,10H2,1-2H3/q5*+1/i;;;1D3;. The van der Waals surface area contributed by atoms with E-state index in [1.807, 2.05) is 123 Å². The highest BCUT2D eigenvalue weighted by molar-refractivity contribution is 7.25. The Balaban J connectivity index is 0.0000000863. The molecule has 24 aromatic rings. The van der Waals surface area contributed by atoms with Gasteiger partial charge in [-0.3, -0.25) is 43.2 Å². The van der Waals surface area contributed by atoms with Crippen LogP contribution in [0.25, 0.3) is 189 Å². The van der Waals surface area contributed by atoms with Crippen molar-refractivity contribution in [2.24, 2.45) is 28.1 Å². The van der Waals surface area contributed by atoms with E-state index in [0.717, 1.165) is 99.0 Å². The first-order valence-corrected chi connectivity index (χ1v) is 42.2. The molecule has 586 valence electrons. The Morgan fingerprint density at radius 1 is 0.293 bits per heavy atom. The molecule has 20 heterocycles. The maximum atomic E-state index is 8.05. The van der Waals surface area contributed by atoms with Crippen LogP contribution in [0.4, 0.5) is 0 Å². The van der Waals surface area contributed by atoms with Crippen molar-refractivity contribution in [2.75, 3.05) is 0 Å². The minimum absolute atomic E-state index is 0.664. The molecule has 0 saturated heterocycles. The fourth-order valence-electron chi connectivity index (χ4n) is 20.2. The summed E-state index contributed by atoms with van der Waals surface area (Å²) in [5.74, 6) is 5.82. The molecule has 19 nitrogen and oxygen atoms in total. The van der Waals surface area contributed by atoms with E-state index in [1.54, 1.807) is 6.20 Å². The average molecular weight is 1620 g/mol. The summed E-state index contributed by atoms with van der Waals surface area (Å²) < 4.78 is 61.1. The van der Waals surface area contributed by atoms with Crippen LogP contribution in [0.1, 0.15) is 31.9 Å². The van der Waals surface area contributed by atoms with Gasteiger partial charge in [0.15, 0.2) is 22.1 Å². The normalized spacial score (nSPS) is 13.2. The number of fused-ring (bicyclic) bond motifs is 35. The van der Waals surface area contributed by atoms with Crippen LogP contribution in [0.3, 0.4) is 0 Å². The summed E-state index contributed by atoms with van der Waals surface area (Å²) in [6.07, 6.45) is 19.1. The Hall–Kier alpha value is -15.8. The third-order valence-electron chi connectivity index (χ3n) is 25.4. The molecule has 5 aliphatic heterocycles. The number of para-hydroxylation sites is 8. The molecule has 5 aliphatic rings. The smallest absolute Gasteiger partial charge is 0.340 e. The van der Waals surface area contributed by atoms with Crippen molar-refractivity contribution >= 4 is 120 Å². The summed E-state index contributed by atoms with van der Waals surface area (Å²) in [5.41, 5.74) is 31.2. The van der Waals surface area contributed by atoms with Crippen LogP contribution < -0.4 is 22.8 Å². The van der Waals surface area contributed by atoms with Crippen molar-refractivity contribution in [3.63, 3.8) is 0 Å². The molecular weight excluding hydrogens is 1540 g/mol. The van der Waals surface area contributed by atoms with Gasteiger partial charge < -0.3 is 4.42 Å². The van der Waals surface area contributed by atoms with Gasteiger partial charge >= 0.3 is 5.71 Å². The van der Waals surface area contributed by atoms with E-state index >= 15 is 0 Å². The monoisotopic (exact) mass is 1620 g/mol. The lowest BCUT2D eigenvalue weighted by Crippen LogP contribution is -2.33. The average Bonchev–Trinajstić information content (AvgIpc) is 1.52. The van der Waals surface area contributed by atoms with Crippen molar-refractivity contribution in [2.45, 2.75) is 32.7 Å². The van der Waals surface area contributed by atoms with Gasteiger partial charge in [-0.2, -0.15) is 13.7 Å². The first kappa shape index (κ1) is 67.1. The molecule has 0 radical (unpaired) electrons. The van der Waals surface area contributed by atoms with Crippen molar-refractivity contribution < 1.29 is 31.4 Å². The summed E-state index contributed by atoms with van der Waals surface area (Å²) in [4.78, 5) is 23.1. The summed E-state index contributed by atoms with van der Waals surface area (Å²) >= 11 is 1.87. The van der Waals surface area contributed by atoms with E-state index < -0.39 is 6.98 Å². The molecule has 0 spiro atoms. The first-order valence-electron chi connectivity index (χ1n) is 42.9. The molecule has 0 fully saturated rings. The lowest BCUT2D eigenvalue weighted by atomic mass is 10.1. The third-order valence-corrected chi connectivity index (χ3v) is 26.6. The Morgan fingerprint density at radius 2 is 0.642 bits per heavy atom. The van der Waals surface area contributed by atoms with E-state index in [4.69, 9.17) is 8.53 Å². The van der Waals surface area contributed by atoms with Gasteiger partial charge in [0, 0.05) is 99.9 Å². The van der Waals surface area contributed by atoms with E-state index in [9.17, 15) is 0 Å². The molecule has 0 bridgehead atoms. The Bertz CT molecular complexity index is 8410. The van der Waals surface area contributed by atoms with Gasteiger partial charge in [0.05, 0.1) is 101 Å². The zero-order chi connectivity index (χ0) is 83.9. The lowest BCUT2D eigenvalue weighted by molar-refractivity contribution is -0.652. The van der Waals surface area contributed by atoms with Crippen LogP contribution in [0.15, 0.2) is 339 Å². The van der Waals surface area contributed by atoms with Crippen LogP contribution in [-0.2, 0) is 60.8 Å². The van der Waals surface area contributed by atoms with Crippen LogP contribution in [0.5, 0.6) is 0 Å². The van der Waals surface area contributed by atoms with Crippen molar-refractivity contribution in [3.05, 3.63) is 363 Å². The SMILES string of the molecule is Cn1c2[n+](c3c1c1ccccc1n3C)Cc1ccncc1-2.[2H]C([2H])([2H])n1c2ccccc2c2c1[n+]1c(n2C)-c2cnccc2C1.c1ccc(-n2c3[n+](c4c2c2ccccc2n4-c2ccccc2)Cc2ccncc2-3)cc1.c1ccc(-n2c3[n+](c4oc5ccccc5c42)Cc2ccncc2-3)cc1.c1ccc(-n2c3[n+](c4sc5ccccc5c42)Cc2ccncc2-3)cc1. The number of benzene rings is 9. The van der Waals surface area contributed by atoms with Crippen molar-refractivity contribution in [3.8, 4) is 79.7 Å². The molecule has 15 aromatic heterocycles. The van der Waals surface area contributed by atoms with Gasteiger partial charge in [-0.25, -0.2) is 27.4 Å². The lowest BCUT2D eigenvalue weighted by Gasteiger charge is -2.04. The molecule has 0 atom stereocenters. The molecular formula is C103H77N18OS+5. The minimum atomic E-state index is -2.24. The number of hydrogen-bond acceptors (Lipinski definition) is 7. The Kier molecular flexibility index (Phi) is 14.9. The highest BCUT2D eigenvalue weighted by Crippen LogP contribution is 2.45. The number of hydrogen-bond donors (Lipinski definition) is 0. The number of imidazole rings is 5. The van der Waals surface area contributed by atoms with Crippen LogP contribution >= 0.6 is 11.3 Å². The van der Waals surface area contributed by atoms with E-state index in [1.165, 1.54) is 148 Å². The van der Waals surface area contributed by atoms with Crippen molar-refractivity contribution in [1.82, 2.24) is 61.5 Å². The van der Waals surface area contributed by atoms with Crippen LogP contribution in [-0.4, -0.2) is 61.5 Å². The summed E-state index contributed by atoms with van der Waals surface area (Å²) in [7, 11) is 6.30. The fraction of sp³-hybridized carbons (Fsp3) is 0.0874. The van der Waals surface area contributed by atoms with Gasteiger partial charge in [0.1, 0.15) is 58.0 Å². The Morgan fingerprint density at radius 3 is 1.14 bits per heavy atom. The molecule has 9 aromatic carbocycles. The number of aryl methyl sites for hydroxylation is 4. The molecule has 29 rings (SSSR count). The zero-order valence-electron chi connectivity index (χ0n) is 70.2. The molecule has 0 saturated carbocycles. The number of nitrogens with zero attached hydrogens (tertiary/aromatic N) is 18. The first-order chi connectivity index (χ1) is 62.0. The van der Waals surface area contributed by atoms with Gasteiger partial charge in [-0.15, -0.1) is 0 Å². The predicted octanol–water partition coefficient (Wildman–Crippen LogP) is 18.7. The fourth-order valence-corrected chi connectivity index (χ4v) is 21.4. The van der Waals surface area contributed by atoms with Crippen LogP contribution in [0, 0.1) is 0 Å². The van der Waals surface area contributed by atoms with Gasteiger partial charge in [0.25, 0.3) is 28.6 Å². The number of rotatable bonds is 4. The van der Waals surface area contributed by atoms with E-state index in [-0.39, 0.29) is 0 Å². The quantitative estimate of drug-likeness (QED) is 0.161. The topological polar surface area (TPSA) is 136 Å². The molecule has 0 amide bonds. The molecule has 20 heteroatoms.